The van der Waals surface area contributed by atoms with Crippen LogP contribution in [0.1, 0.15) is 57.4 Å². The third-order valence-corrected chi connectivity index (χ3v) is 12.1. The summed E-state index contributed by atoms with van der Waals surface area (Å²) in [6.07, 6.45) is 1.37. The van der Waals surface area contributed by atoms with Gasteiger partial charge in [-0.15, -0.1) is 0 Å². The van der Waals surface area contributed by atoms with Gasteiger partial charge >= 0.3 is 0 Å². The van der Waals surface area contributed by atoms with Crippen LogP contribution in [0.4, 0.5) is 0 Å². The van der Waals surface area contributed by atoms with Gasteiger partial charge < -0.3 is 9.74 Å². The maximum absolute atomic E-state index is 11.9. The molecule has 0 radical (unpaired) electrons. The number of hydrogen-bond donors (Lipinski definition) is 1. The van der Waals surface area contributed by atoms with Crippen LogP contribution in [0.5, 0.6) is 0 Å². The maximum atomic E-state index is 11.9. The second-order valence-corrected chi connectivity index (χ2v) is 14.9. The number of carbonyl (C=O) groups excluding carboxylic acids is 1. The lowest BCUT2D eigenvalue weighted by atomic mass is 9.86. The smallest absolute Gasteiger partial charge is 0.261 e. The van der Waals surface area contributed by atoms with Crippen molar-refractivity contribution in [2.24, 2.45) is 0 Å². The number of ketones is 1. The predicted molar refractivity (Wildman–Crippen MR) is 143 cm³/mol. The molecule has 0 saturated carbocycles. The summed E-state index contributed by atoms with van der Waals surface area (Å²) in [6.45, 7) is 11.5. The number of carbonyl (C=O) groups is 1. The van der Waals surface area contributed by atoms with E-state index in [1.54, 1.807) is 6.92 Å². The van der Waals surface area contributed by atoms with Crippen molar-refractivity contribution in [1.29, 1.82) is 0 Å². The maximum Gasteiger partial charge on any atom is 0.261 e. The lowest BCUT2D eigenvalue weighted by Crippen LogP contribution is -2.67. The molecule has 0 saturated heterocycles. The summed E-state index contributed by atoms with van der Waals surface area (Å²) in [4.78, 5) is 11.9. The Bertz CT molecular complexity index is 1080. The Morgan fingerprint density at radius 3 is 2.06 bits per heavy atom. The van der Waals surface area contributed by atoms with E-state index in [1.165, 1.54) is 21.5 Å². The number of Topliss-reactive ketones (excluding diaryl/α,β-unsaturated/α-hetero) is 1. The van der Waals surface area contributed by atoms with E-state index in [4.69, 9.17) is 4.43 Å². The molecule has 4 rings (SSSR count). The Morgan fingerprint density at radius 2 is 1.53 bits per heavy atom. The summed E-state index contributed by atoms with van der Waals surface area (Å²) in [5, 5.41) is 6.35. The van der Waals surface area contributed by atoms with Crippen molar-refractivity contribution in [1.82, 2.24) is 5.32 Å². The zero-order valence-corrected chi connectivity index (χ0v) is 22.1. The van der Waals surface area contributed by atoms with Crippen molar-refractivity contribution in [2.45, 2.75) is 64.6 Å². The highest BCUT2D eigenvalue weighted by Gasteiger charge is 2.50. The van der Waals surface area contributed by atoms with Gasteiger partial charge in [-0.25, -0.2) is 0 Å². The summed E-state index contributed by atoms with van der Waals surface area (Å²) in [6, 6.07) is 28.4. The van der Waals surface area contributed by atoms with Gasteiger partial charge in [0.2, 0.25) is 0 Å². The topological polar surface area (TPSA) is 38.3 Å². The van der Waals surface area contributed by atoms with Crippen LogP contribution in [-0.2, 0) is 22.1 Å². The summed E-state index contributed by atoms with van der Waals surface area (Å²) in [5.41, 5.74) is 3.79. The van der Waals surface area contributed by atoms with Crippen LogP contribution in [0.15, 0.2) is 78.9 Å². The van der Waals surface area contributed by atoms with Crippen LogP contribution in [0.2, 0.25) is 5.04 Å². The molecular formula is C30H37NO2Si. The van der Waals surface area contributed by atoms with Gasteiger partial charge in [-0.1, -0.05) is 99.6 Å². The fourth-order valence-corrected chi connectivity index (χ4v) is 10.2. The normalized spacial score (nSPS) is 18.4. The number of fused-ring (bicyclic) bond motifs is 1. The summed E-state index contributed by atoms with van der Waals surface area (Å²) in [5.74, 6) is 0.208. The van der Waals surface area contributed by atoms with Gasteiger partial charge in [0.25, 0.3) is 8.32 Å². The molecule has 1 N–H and O–H groups in total. The molecule has 34 heavy (non-hydrogen) atoms. The molecule has 0 aromatic heterocycles. The van der Waals surface area contributed by atoms with E-state index >= 15 is 0 Å². The Morgan fingerprint density at radius 1 is 0.941 bits per heavy atom. The first-order valence-electron chi connectivity index (χ1n) is 12.3. The van der Waals surface area contributed by atoms with E-state index < -0.39 is 8.32 Å². The van der Waals surface area contributed by atoms with Crippen molar-refractivity contribution in [2.75, 3.05) is 6.61 Å². The molecule has 3 nitrogen and oxygen atoms in total. The Kier molecular flexibility index (Phi) is 7.22. The second-order valence-electron chi connectivity index (χ2n) is 10.6. The number of rotatable bonds is 7. The van der Waals surface area contributed by atoms with E-state index in [2.05, 4.69) is 112 Å². The third kappa shape index (κ3) is 4.81. The van der Waals surface area contributed by atoms with Gasteiger partial charge in [0.05, 0.1) is 6.61 Å². The quantitative estimate of drug-likeness (QED) is 0.495. The van der Waals surface area contributed by atoms with Crippen molar-refractivity contribution >= 4 is 24.5 Å². The molecular weight excluding hydrogens is 434 g/mol. The average molecular weight is 472 g/mol. The molecule has 1 aliphatic heterocycles. The van der Waals surface area contributed by atoms with Gasteiger partial charge in [-0.3, -0.25) is 4.79 Å². The van der Waals surface area contributed by atoms with Crippen LogP contribution in [0.25, 0.3) is 0 Å². The van der Waals surface area contributed by atoms with Crippen molar-refractivity contribution in [3.8, 4) is 0 Å². The molecule has 0 spiro atoms. The van der Waals surface area contributed by atoms with E-state index in [9.17, 15) is 4.79 Å². The molecule has 0 aliphatic carbocycles. The highest BCUT2D eigenvalue weighted by Crippen LogP contribution is 2.37. The highest BCUT2D eigenvalue weighted by molar-refractivity contribution is 6.99. The minimum atomic E-state index is -2.58. The van der Waals surface area contributed by atoms with Crippen molar-refractivity contribution in [3.05, 3.63) is 95.6 Å². The molecule has 0 amide bonds. The molecule has 0 fully saturated rings. The predicted octanol–water partition coefficient (Wildman–Crippen LogP) is 4.97. The van der Waals surface area contributed by atoms with Gasteiger partial charge in [0.1, 0.15) is 5.78 Å². The molecule has 178 valence electrons. The van der Waals surface area contributed by atoms with E-state index in [-0.39, 0.29) is 22.9 Å². The minimum Gasteiger partial charge on any atom is -0.406 e. The largest absolute Gasteiger partial charge is 0.406 e. The number of nitrogens with one attached hydrogen (secondary N) is 1. The standard InChI is InChI=1S/C30H37NO2Si/c1-22(32)19-24-13-12-18-28-23(2)31-25(20-29(24)28)21-33-34(30(3,4)5,26-14-8-6-9-15-26)27-16-10-7-11-17-27/h6-18,23,25,31H,19-21H2,1-5H3/t23-,25+/m0/s1. The Balaban J connectivity index is 1.69. The van der Waals surface area contributed by atoms with E-state index in [1.807, 2.05) is 0 Å². The molecule has 2 atom stereocenters. The molecule has 1 aliphatic rings. The molecule has 3 aromatic rings. The first-order valence-corrected chi connectivity index (χ1v) is 14.2. The molecule has 1 heterocycles. The first kappa shape index (κ1) is 24.6. The third-order valence-electron chi connectivity index (χ3n) is 7.07. The Labute approximate surface area is 205 Å². The zero-order valence-electron chi connectivity index (χ0n) is 21.1. The number of benzene rings is 3. The Hall–Kier alpha value is -2.53. The summed E-state index contributed by atoms with van der Waals surface area (Å²) >= 11 is 0. The molecule has 3 aromatic carbocycles. The monoisotopic (exact) mass is 471 g/mol. The minimum absolute atomic E-state index is 0.0479. The highest BCUT2D eigenvalue weighted by atomic mass is 28.4. The van der Waals surface area contributed by atoms with Gasteiger partial charge in [0, 0.05) is 18.5 Å². The van der Waals surface area contributed by atoms with E-state index in [0.717, 1.165) is 12.0 Å². The van der Waals surface area contributed by atoms with Gasteiger partial charge in [0.15, 0.2) is 0 Å². The summed E-state index contributed by atoms with van der Waals surface area (Å²) in [7, 11) is -2.58. The van der Waals surface area contributed by atoms with Crippen molar-refractivity contribution in [3.63, 3.8) is 0 Å². The lowest BCUT2D eigenvalue weighted by molar-refractivity contribution is -0.116. The number of hydrogen-bond acceptors (Lipinski definition) is 3. The fraction of sp³-hybridized carbons (Fsp3) is 0.367. The molecule has 0 bridgehead atoms. The fourth-order valence-electron chi connectivity index (χ4n) is 5.59. The van der Waals surface area contributed by atoms with E-state index in [0.29, 0.717) is 13.0 Å². The molecule has 4 heteroatoms. The van der Waals surface area contributed by atoms with Gasteiger partial charge in [-0.05, 0) is 52.4 Å². The molecule has 0 unspecified atom stereocenters. The SMILES string of the molecule is CC(=O)Cc1cccc2c1C[C@H](CO[Si](c1ccccc1)(c1ccccc1)C(C)(C)C)N[C@H]2C. The second kappa shape index (κ2) is 9.99. The zero-order chi connectivity index (χ0) is 24.3. The van der Waals surface area contributed by atoms with Crippen LogP contribution in [-0.4, -0.2) is 26.7 Å². The average Bonchev–Trinajstić information content (AvgIpc) is 2.80. The van der Waals surface area contributed by atoms with Crippen LogP contribution in [0.3, 0.4) is 0 Å². The van der Waals surface area contributed by atoms with Crippen molar-refractivity contribution < 1.29 is 9.22 Å². The summed E-state index contributed by atoms with van der Waals surface area (Å²) < 4.78 is 7.20. The lowest BCUT2D eigenvalue weighted by Gasteiger charge is -2.44. The van der Waals surface area contributed by atoms with Gasteiger partial charge in [-0.2, -0.15) is 0 Å². The van der Waals surface area contributed by atoms with Crippen LogP contribution in [0, 0.1) is 0 Å². The van der Waals surface area contributed by atoms with Crippen LogP contribution < -0.4 is 15.7 Å². The van der Waals surface area contributed by atoms with Crippen LogP contribution >= 0.6 is 0 Å². The first-order chi connectivity index (χ1) is 16.2.